The Hall–Kier alpha value is -1.21. The summed E-state index contributed by atoms with van der Waals surface area (Å²) in [5, 5.41) is 0. The molecule has 0 amide bonds. The Morgan fingerprint density at radius 1 is 1.19 bits per heavy atom. The van der Waals surface area contributed by atoms with E-state index in [2.05, 4.69) is 0 Å². The van der Waals surface area contributed by atoms with Gasteiger partial charge in [0, 0.05) is 0 Å². The molecule has 0 spiro atoms. The SMILES string of the molecule is NNC(Cc1ccc(F)c(F)c1)C(F)(F)F. The number of hydrogen-bond acceptors (Lipinski definition) is 2. The van der Waals surface area contributed by atoms with Crippen LogP contribution in [0.2, 0.25) is 0 Å². The highest BCUT2D eigenvalue weighted by Gasteiger charge is 2.38. The highest BCUT2D eigenvalue weighted by atomic mass is 19.4. The van der Waals surface area contributed by atoms with Crippen molar-refractivity contribution in [3.63, 3.8) is 0 Å². The average Bonchev–Trinajstić information content (AvgIpc) is 2.18. The first-order valence-electron chi connectivity index (χ1n) is 4.31. The zero-order valence-electron chi connectivity index (χ0n) is 7.98. The molecule has 1 rings (SSSR count). The van der Waals surface area contributed by atoms with E-state index in [1.165, 1.54) is 0 Å². The van der Waals surface area contributed by atoms with Crippen LogP contribution in [0.25, 0.3) is 0 Å². The highest BCUT2D eigenvalue weighted by molar-refractivity contribution is 5.19. The van der Waals surface area contributed by atoms with Gasteiger partial charge < -0.3 is 0 Å². The first-order chi connectivity index (χ1) is 7.34. The fourth-order valence-corrected chi connectivity index (χ4v) is 1.17. The lowest BCUT2D eigenvalue weighted by Crippen LogP contribution is -2.47. The van der Waals surface area contributed by atoms with E-state index in [4.69, 9.17) is 5.84 Å². The Bertz CT molecular complexity index is 363. The van der Waals surface area contributed by atoms with Crippen LogP contribution in [0.5, 0.6) is 0 Å². The molecule has 1 aromatic carbocycles. The van der Waals surface area contributed by atoms with E-state index >= 15 is 0 Å². The van der Waals surface area contributed by atoms with Crippen LogP contribution < -0.4 is 11.3 Å². The lowest BCUT2D eigenvalue weighted by molar-refractivity contribution is -0.155. The summed E-state index contributed by atoms with van der Waals surface area (Å²) in [5.41, 5.74) is 1.60. The van der Waals surface area contributed by atoms with Crippen LogP contribution in [-0.2, 0) is 6.42 Å². The molecule has 0 bridgehead atoms. The largest absolute Gasteiger partial charge is 0.405 e. The third-order valence-electron chi connectivity index (χ3n) is 2.02. The monoisotopic (exact) mass is 240 g/mol. The van der Waals surface area contributed by atoms with Crippen molar-refractivity contribution in [3.8, 4) is 0 Å². The Morgan fingerprint density at radius 2 is 1.81 bits per heavy atom. The minimum absolute atomic E-state index is 0.0131. The molecule has 0 aliphatic carbocycles. The van der Waals surface area contributed by atoms with Crippen LogP contribution in [0.3, 0.4) is 0 Å². The lowest BCUT2D eigenvalue weighted by atomic mass is 10.1. The van der Waals surface area contributed by atoms with Crippen LogP contribution in [0.4, 0.5) is 22.0 Å². The summed E-state index contributed by atoms with van der Waals surface area (Å²) in [4.78, 5) is 0. The lowest BCUT2D eigenvalue weighted by Gasteiger charge is -2.19. The van der Waals surface area contributed by atoms with E-state index in [0.29, 0.717) is 6.07 Å². The fraction of sp³-hybridized carbons (Fsp3) is 0.333. The number of halogens is 5. The van der Waals surface area contributed by atoms with Gasteiger partial charge in [-0.3, -0.25) is 5.84 Å². The van der Waals surface area contributed by atoms with Crippen LogP contribution >= 0.6 is 0 Å². The van der Waals surface area contributed by atoms with Crippen LogP contribution in [0, 0.1) is 11.6 Å². The van der Waals surface area contributed by atoms with Gasteiger partial charge in [-0.2, -0.15) is 13.2 Å². The minimum atomic E-state index is -4.54. The minimum Gasteiger partial charge on any atom is -0.271 e. The highest BCUT2D eigenvalue weighted by Crippen LogP contribution is 2.23. The number of hydrazine groups is 1. The Morgan fingerprint density at radius 3 is 2.25 bits per heavy atom. The molecule has 7 heteroatoms. The number of rotatable bonds is 3. The Kier molecular flexibility index (Phi) is 3.82. The summed E-state index contributed by atoms with van der Waals surface area (Å²) >= 11 is 0. The predicted octanol–water partition coefficient (Wildman–Crippen LogP) is 1.90. The molecule has 3 N–H and O–H groups in total. The maximum absolute atomic E-state index is 12.7. The number of hydrogen-bond donors (Lipinski definition) is 2. The summed E-state index contributed by atoms with van der Waals surface area (Å²) in [6.07, 6.45) is -5.10. The van der Waals surface area contributed by atoms with Crippen molar-refractivity contribution in [2.75, 3.05) is 0 Å². The van der Waals surface area contributed by atoms with Crippen molar-refractivity contribution in [2.24, 2.45) is 5.84 Å². The normalized spacial score (nSPS) is 13.9. The maximum atomic E-state index is 12.7. The fourth-order valence-electron chi connectivity index (χ4n) is 1.17. The second-order valence-corrected chi connectivity index (χ2v) is 3.21. The van der Waals surface area contributed by atoms with Crippen LogP contribution in [0.1, 0.15) is 5.56 Å². The van der Waals surface area contributed by atoms with Gasteiger partial charge in [0.15, 0.2) is 11.6 Å². The molecule has 90 valence electrons. The average molecular weight is 240 g/mol. The molecule has 1 unspecified atom stereocenters. The molecule has 16 heavy (non-hydrogen) atoms. The van der Waals surface area contributed by atoms with Gasteiger partial charge in [0.2, 0.25) is 0 Å². The zero-order chi connectivity index (χ0) is 12.3. The standard InChI is InChI=1S/C9H9F5N2/c10-6-2-1-5(3-7(6)11)4-8(16-15)9(12,13)14/h1-3,8,16H,4,15H2. The van der Waals surface area contributed by atoms with Crippen molar-refractivity contribution in [3.05, 3.63) is 35.4 Å². The molecule has 0 aliphatic heterocycles. The molecule has 1 atom stereocenters. The molecule has 0 heterocycles. The van der Waals surface area contributed by atoms with Gasteiger partial charge in [-0.05, 0) is 24.1 Å². The molecular weight excluding hydrogens is 231 g/mol. The molecule has 0 fully saturated rings. The number of benzene rings is 1. The van der Waals surface area contributed by atoms with Crippen molar-refractivity contribution in [1.82, 2.24) is 5.43 Å². The van der Waals surface area contributed by atoms with Gasteiger partial charge in [-0.15, -0.1) is 0 Å². The maximum Gasteiger partial charge on any atom is 0.405 e. The van der Waals surface area contributed by atoms with E-state index in [9.17, 15) is 22.0 Å². The molecule has 0 saturated heterocycles. The summed E-state index contributed by atoms with van der Waals surface area (Å²) < 4.78 is 62.1. The van der Waals surface area contributed by atoms with Crippen molar-refractivity contribution < 1.29 is 22.0 Å². The number of alkyl halides is 3. The second-order valence-electron chi connectivity index (χ2n) is 3.21. The molecule has 0 aromatic heterocycles. The molecule has 0 saturated carbocycles. The summed E-state index contributed by atoms with van der Waals surface area (Å²) in [6, 6.07) is 0.575. The number of nitrogens with two attached hydrogens (primary N) is 1. The van der Waals surface area contributed by atoms with E-state index < -0.39 is 30.3 Å². The van der Waals surface area contributed by atoms with E-state index in [0.717, 1.165) is 12.1 Å². The van der Waals surface area contributed by atoms with Gasteiger partial charge >= 0.3 is 6.18 Å². The van der Waals surface area contributed by atoms with Gasteiger partial charge in [0.05, 0.1) is 0 Å². The molecule has 2 nitrogen and oxygen atoms in total. The van der Waals surface area contributed by atoms with Crippen LogP contribution in [-0.4, -0.2) is 12.2 Å². The summed E-state index contributed by atoms with van der Waals surface area (Å²) in [5.74, 6) is 2.45. The van der Waals surface area contributed by atoms with Crippen molar-refractivity contribution in [1.29, 1.82) is 0 Å². The van der Waals surface area contributed by atoms with Crippen molar-refractivity contribution in [2.45, 2.75) is 18.6 Å². The third kappa shape index (κ3) is 3.14. The molecule has 0 aliphatic rings. The first kappa shape index (κ1) is 12.9. The van der Waals surface area contributed by atoms with Crippen molar-refractivity contribution >= 4 is 0 Å². The summed E-state index contributed by atoms with van der Waals surface area (Å²) in [7, 11) is 0. The number of nitrogens with one attached hydrogen (secondary N) is 1. The Labute approximate surface area is 88.2 Å². The summed E-state index contributed by atoms with van der Waals surface area (Å²) in [6.45, 7) is 0. The van der Waals surface area contributed by atoms with Gasteiger partial charge in [-0.25, -0.2) is 14.2 Å². The zero-order valence-corrected chi connectivity index (χ0v) is 7.98. The molecular formula is C9H9F5N2. The quantitative estimate of drug-likeness (QED) is 0.481. The topological polar surface area (TPSA) is 38.0 Å². The second kappa shape index (κ2) is 4.75. The van der Waals surface area contributed by atoms with Crippen LogP contribution in [0.15, 0.2) is 18.2 Å². The smallest absolute Gasteiger partial charge is 0.271 e. The van der Waals surface area contributed by atoms with E-state index in [-0.39, 0.29) is 5.56 Å². The third-order valence-corrected chi connectivity index (χ3v) is 2.02. The first-order valence-corrected chi connectivity index (χ1v) is 4.31. The van der Waals surface area contributed by atoms with Gasteiger partial charge in [-0.1, -0.05) is 6.07 Å². The van der Waals surface area contributed by atoms with Gasteiger partial charge in [0.25, 0.3) is 0 Å². The molecule has 1 aromatic rings. The van der Waals surface area contributed by atoms with E-state index in [1.54, 1.807) is 5.43 Å². The van der Waals surface area contributed by atoms with E-state index in [1.807, 2.05) is 0 Å². The molecule has 0 radical (unpaired) electrons. The predicted molar refractivity (Wildman–Crippen MR) is 47.2 cm³/mol. The Balaban J connectivity index is 2.83. The van der Waals surface area contributed by atoms with Gasteiger partial charge in [0.1, 0.15) is 6.04 Å².